The van der Waals surface area contributed by atoms with E-state index in [-0.39, 0.29) is 28.4 Å². The SMILES string of the molecule is CCOC(=O)C=CC[N+]1=C(C)C(C)(C)c2ccccc21.[Br-]. The number of esters is 1. The zero-order valence-corrected chi connectivity index (χ0v) is 14.6. The van der Waals surface area contributed by atoms with E-state index in [1.807, 2.05) is 13.0 Å². The summed E-state index contributed by atoms with van der Waals surface area (Å²) in [7, 11) is 0. The van der Waals surface area contributed by atoms with Crippen LogP contribution in [0, 0.1) is 0 Å². The normalized spacial score (nSPS) is 15.8. The Hall–Kier alpha value is -1.42. The minimum Gasteiger partial charge on any atom is -1.00 e. The summed E-state index contributed by atoms with van der Waals surface area (Å²) in [6, 6.07) is 8.43. The van der Waals surface area contributed by atoms with Crippen molar-refractivity contribution < 1.29 is 31.1 Å². The highest BCUT2D eigenvalue weighted by Crippen LogP contribution is 2.38. The molecule has 0 spiro atoms. The summed E-state index contributed by atoms with van der Waals surface area (Å²) in [6.07, 6.45) is 3.37. The molecule has 0 atom stereocenters. The number of hydrogen-bond donors (Lipinski definition) is 0. The minimum atomic E-state index is -0.281. The second kappa shape index (κ2) is 7.03. The summed E-state index contributed by atoms with van der Waals surface area (Å²) in [4.78, 5) is 11.3. The molecule has 4 heteroatoms. The quantitative estimate of drug-likeness (QED) is 0.440. The molecule has 0 saturated carbocycles. The Balaban J connectivity index is 0.00000220. The molecule has 1 aliphatic heterocycles. The molecule has 1 aromatic rings. The van der Waals surface area contributed by atoms with Crippen molar-refractivity contribution in [3.05, 3.63) is 42.0 Å². The average Bonchev–Trinajstić information content (AvgIpc) is 2.61. The summed E-state index contributed by atoms with van der Waals surface area (Å²) in [5.41, 5.74) is 3.90. The van der Waals surface area contributed by atoms with E-state index < -0.39 is 0 Å². The summed E-state index contributed by atoms with van der Waals surface area (Å²) in [6.45, 7) is 9.52. The van der Waals surface area contributed by atoms with Crippen LogP contribution in [0.3, 0.4) is 0 Å². The highest BCUT2D eigenvalue weighted by Gasteiger charge is 2.42. The van der Waals surface area contributed by atoms with Gasteiger partial charge in [0.05, 0.1) is 12.0 Å². The van der Waals surface area contributed by atoms with Crippen LogP contribution < -0.4 is 17.0 Å². The van der Waals surface area contributed by atoms with Crippen molar-refractivity contribution in [2.24, 2.45) is 0 Å². The summed E-state index contributed by atoms with van der Waals surface area (Å²) in [5.74, 6) is -0.281. The first-order valence-electron chi connectivity index (χ1n) is 7.03. The molecule has 1 heterocycles. The number of para-hydroxylation sites is 1. The molecule has 114 valence electrons. The molecule has 0 bridgehead atoms. The first kappa shape index (κ1) is 17.6. The van der Waals surface area contributed by atoms with E-state index >= 15 is 0 Å². The van der Waals surface area contributed by atoms with Crippen molar-refractivity contribution in [2.45, 2.75) is 33.1 Å². The van der Waals surface area contributed by atoms with Gasteiger partial charge in [-0.05, 0) is 26.8 Å². The molecule has 0 N–H and O–H groups in total. The van der Waals surface area contributed by atoms with Gasteiger partial charge >= 0.3 is 5.97 Å². The molecule has 2 rings (SSSR count). The molecule has 0 fully saturated rings. The van der Waals surface area contributed by atoms with Gasteiger partial charge < -0.3 is 21.7 Å². The van der Waals surface area contributed by atoms with E-state index in [9.17, 15) is 4.79 Å². The van der Waals surface area contributed by atoms with E-state index in [0.29, 0.717) is 13.2 Å². The third-order valence-electron chi connectivity index (χ3n) is 4.01. The smallest absolute Gasteiger partial charge is 0.330 e. The van der Waals surface area contributed by atoms with Crippen molar-refractivity contribution in [1.29, 1.82) is 0 Å². The zero-order valence-electron chi connectivity index (χ0n) is 13.0. The second-order valence-electron chi connectivity index (χ2n) is 5.49. The summed E-state index contributed by atoms with van der Waals surface area (Å²) in [5, 5.41) is 0. The number of carbonyl (C=O) groups excluding carboxylic acids is 1. The van der Waals surface area contributed by atoms with Gasteiger partial charge in [-0.2, -0.15) is 4.58 Å². The molecule has 1 aliphatic rings. The molecule has 0 aliphatic carbocycles. The minimum absolute atomic E-state index is 0. The van der Waals surface area contributed by atoms with Crippen LogP contribution in [-0.4, -0.2) is 29.4 Å². The predicted molar refractivity (Wildman–Crippen MR) is 80.7 cm³/mol. The van der Waals surface area contributed by atoms with Crippen LogP contribution in [0.1, 0.15) is 33.3 Å². The molecule has 0 aromatic heterocycles. The number of fused-ring (bicyclic) bond motifs is 1. The number of nitrogens with zero attached hydrogens (tertiary/aromatic N) is 1. The largest absolute Gasteiger partial charge is 1.00 e. The van der Waals surface area contributed by atoms with Crippen molar-refractivity contribution in [3.8, 4) is 0 Å². The average molecular weight is 352 g/mol. The molecule has 3 nitrogen and oxygen atoms in total. The van der Waals surface area contributed by atoms with Crippen LogP contribution in [-0.2, 0) is 14.9 Å². The lowest BCUT2D eigenvalue weighted by Crippen LogP contribution is -3.00. The van der Waals surface area contributed by atoms with Gasteiger partial charge in [-0.3, -0.25) is 0 Å². The Bertz CT molecular complexity index is 588. The Kier molecular flexibility index (Phi) is 5.90. The van der Waals surface area contributed by atoms with E-state index in [0.717, 1.165) is 0 Å². The van der Waals surface area contributed by atoms with Gasteiger partial charge in [0.25, 0.3) is 0 Å². The Morgan fingerprint density at radius 1 is 1.33 bits per heavy atom. The first-order chi connectivity index (χ1) is 9.48. The molecular weight excluding hydrogens is 330 g/mol. The summed E-state index contributed by atoms with van der Waals surface area (Å²) < 4.78 is 7.15. The number of ether oxygens (including phenoxy) is 1. The van der Waals surface area contributed by atoms with E-state index in [1.54, 1.807) is 0 Å². The van der Waals surface area contributed by atoms with Gasteiger partial charge in [-0.25, -0.2) is 4.79 Å². The summed E-state index contributed by atoms with van der Waals surface area (Å²) >= 11 is 0. The fourth-order valence-electron chi connectivity index (χ4n) is 2.63. The predicted octanol–water partition coefficient (Wildman–Crippen LogP) is 0.206. The number of carbonyl (C=O) groups is 1. The third kappa shape index (κ3) is 3.43. The van der Waals surface area contributed by atoms with Gasteiger partial charge in [0, 0.05) is 24.6 Å². The molecular formula is C17H22BrNO2. The van der Waals surface area contributed by atoms with Crippen LogP contribution in [0.5, 0.6) is 0 Å². The lowest BCUT2D eigenvalue weighted by molar-refractivity contribution is -0.426. The fraction of sp³-hybridized carbons (Fsp3) is 0.412. The molecule has 1 aromatic carbocycles. The van der Waals surface area contributed by atoms with E-state index in [4.69, 9.17) is 4.74 Å². The number of benzene rings is 1. The van der Waals surface area contributed by atoms with Crippen LogP contribution in [0.4, 0.5) is 5.69 Å². The van der Waals surface area contributed by atoms with E-state index in [2.05, 4.69) is 49.6 Å². The third-order valence-corrected chi connectivity index (χ3v) is 4.01. The highest BCUT2D eigenvalue weighted by atomic mass is 79.9. The maximum Gasteiger partial charge on any atom is 0.330 e. The van der Waals surface area contributed by atoms with Gasteiger partial charge in [0.15, 0.2) is 12.3 Å². The molecule has 0 radical (unpaired) electrons. The molecule has 0 amide bonds. The number of hydrogen-bond acceptors (Lipinski definition) is 2. The first-order valence-corrected chi connectivity index (χ1v) is 7.03. The van der Waals surface area contributed by atoms with Gasteiger partial charge in [-0.15, -0.1) is 0 Å². The molecule has 0 unspecified atom stereocenters. The van der Waals surface area contributed by atoms with Crippen LogP contribution in [0.15, 0.2) is 36.4 Å². The molecule has 21 heavy (non-hydrogen) atoms. The highest BCUT2D eigenvalue weighted by molar-refractivity contribution is 5.93. The lowest BCUT2D eigenvalue weighted by atomic mass is 9.82. The second-order valence-corrected chi connectivity index (χ2v) is 5.49. The molecule has 0 saturated heterocycles. The van der Waals surface area contributed by atoms with E-state index in [1.165, 1.54) is 23.0 Å². The van der Waals surface area contributed by atoms with Crippen molar-refractivity contribution >= 4 is 17.4 Å². The van der Waals surface area contributed by atoms with Gasteiger partial charge in [0.1, 0.15) is 0 Å². The van der Waals surface area contributed by atoms with Crippen molar-refractivity contribution in [2.75, 3.05) is 13.2 Å². The lowest BCUT2D eigenvalue weighted by Gasteiger charge is -2.14. The van der Waals surface area contributed by atoms with Crippen LogP contribution in [0.2, 0.25) is 0 Å². The Morgan fingerprint density at radius 3 is 2.67 bits per heavy atom. The van der Waals surface area contributed by atoms with Crippen molar-refractivity contribution in [1.82, 2.24) is 0 Å². The van der Waals surface area contributed by atoms with Crippen LogP contribution >= 0.6 is 0 Å². The Morgan fingerprint density at radius 2 is 2.00 bits per heavy atom. The van der Waals surface area contributed by atoms with Gasteiger partial charge in [-0.1, -0.05) is 18.2 Å². The maximum atomic E-state index is 11.3. The standard InChI is InChI=1S/C17H22NO2.BrH/c1-5-20-16(19)11-8-12-18-13(2)17(3,4)14-9-6-7-10-15(14)18;/h6-11H,5,12H2,1-4H3;1H/q+1;/p-1. The number of rotatable bonds is 4. The topological polar surface area (TPSA) is 29.3 Å². The maximum absolute atomic E-state index is 11.3. The number of halogens is 1. The Labute approximate surface area is 137 Å². The van der Waals surface area contributed by atoms with Crippen LogP contribution in [0.25, 0.3) is 0 Å². The van der Waals surface area contributed by atoms with Gasteiger partial charge in [0.2, 0.25) is 5.69 Å². The fourth-order valence-corrected chi connectivity index (χ4v) is 2.63. The monoisotopic (exact) mass is 351 g/mol. The zero-order chi connectivity index (χ0) is 14.8. The van der Waals surface area contributed by atoms with Crippen molar-refractivity contribution in [3.63, 3.8) is 0 Å².